The van der Waals surface area contributed by atoms with Gasteiger partial charge in [-0.2, -0.15) is 0 Å². The number of benzene rings is 16. The molecule has 0 bridgehead atoms. The van der Waals surface area contributed by atoms with E-state index in [1.165, 1.54) is 218 Å². The van der Waals surface area contributed by atoms with Gasteiger partial charge in [0.25, 0.3) is 0 Å². The van der Waals surface area contributed by atoms with Gasteiger partial charge in [0, 0.05) is 0 Å². The molecule has 0 aliphatic heterocycles. The van der Waals surface area contributed by atoms with Gasteiger partial charge in [-0.3, -0.25) is 0 Å². The summed E-state index contributed by atoms with van der Waals surface area (Å²) >= 11 is 0. The summed E-state index contributed by atoms with van der Waals surface area (Å²) in [4.78, 5) is 0. The van der Waals surface area contributed by atoms with Crippen LogP contribution in [0.5, 0.6) is 0 Å². The average molecular weight is 1070 g/mol. The number of aryl methyl sites for hydroxylation is 4. The fourth-order valence-corrected chi connectivity index (χ4v) is 16.6. The van der Waals surface area contributed by atoms with Crippen LogP contribution >= 0.6 is 0 Å². The Balaban J connectivity index is 0.909. The van der Waals surface area contributed by atoms with E-state index < -0.39 is 0 Å². The second-order valence-corrected chi connectivity index (χ2v) is 24.3. The molecule has 0 saturated heterocycles. The molecule has 0 heteroatoms. The van der Waals surface area contributed by atoms with Gasteiger partial charge in [0.05, 0.1) is 0 Å². The molecule has 0 N–H and O–H groups in total. The molecule has 19 rings (SSSR count). The molecule has 0 amide bonds. The lowest BCUT2D eigenvalue weighted by Crippen LogP contribution is -1.91. The van der Waals surface area contributed by atoms with Crippen LogP contribution < -0.4 is 0 Å². The Morgan fingerprint density at radius 1 is 0.179 bits per heavy atom. The Morgan fingerprint density at radius 2 is 0.440 bits per heavy atom. The maximum absolute atomic E-state index is 2.51. The van der Waals surface area contributed by atoms with Crippen molar-refractivity contribution in [1.82, 2.24) is 0 Å². The molecule has 0 spiro atoms. The van der Waals surface area contributed by atoms with E-state index in [2.05, 4.69) is 246 Å². The number of fused-ring (bicyclic) bond motifs is 13. The average Bonchev–Trinajstić information content (AvgIpc) is 1.47. The van der Waals surface area contributed by atoms with Crippen molar-refractivity contribution >= 4 is 129 Å². The number of hydrogen-bond donors (Lipinski definition) is 0. The van der Waals surface area contributed by atoms with E-state index >= 15 is 0 Å². The number of hydrogen-bond acceptors (Lipinski definition) is 0. The Bertz CT molecular complexity index is 5470. The first-order chi connectivity index (χ1) is 41.5. The largest absolute Gasteiger partial charge is 0.0613 e. The topological polar surface area (TPSA) is 0 Å². The third-order valence-corrected chi connectivity index (χ3v) is 20.5. The predicted molar refractivity (Wildman–Crippen MR) is 365 cm³/mol. The molecule has 0 radical (unpaired) electrons. The molecule has 18 aromatic rings. The summed E-state index contributed by atoms with van der Waals surface area (Å²) in [6.45, 7) is 9.00. The van der Waals surface area contributed by atoms with Crippen LogP contribution in [0, 0.1) is 0 Å². The van der Waals surface area contributed by atoms with Crippen molar-refractivity contribution in [2.75, 3.05) is 0 Å². The third kappa shape index (κ3) is 5.88. The zero-order chi connectivity index (χ0) is 55.4. The van der Waals surface area contributed by atoms with Gasteiger partial charge in [0.2, 0.25) is 0 Å². The van der Waals surface area contributed by atoms with Crippen LogP contribution in [-0.2, 0) is 25.7 Å². The fourth-order valence-electron chi connectivity index (χ4n) is 16.6. The van der Waals surface area contributed by atoms with E-state index in [1.807, 2.05) is 0 Å². The molecule has 0 heterocycles. The molecule has 0 aromatic heterocycles. The Hall–Kier alpha value is -9.88. The summed E-state index contributed by atoms with van der Waals surface area (Å²) in [5.41, 5.74) is 21.2. The van der Waals surface area contributed by atoms with Crippen LogP contribution in [-0.4, -0.2) is 0 Å². The first-order valence-electron chi connectivity index (χ1n) is 30.6. The summed E-state index contributed by atoms with van der Waals surface area (Å²) in [6.07, 6.45) is 4.06. The van der Waals surface area contributed by atoms with Crippen molar-refractivity contribution in [3.05, 3.63) is 241 Å². The molecule has 0 atom stereocenters. The van der Waals surface area contributed by atoms with Crippen molar-refractivity contribution < 1.29 is 0 Å². The van der Waals surface area contributed by atoms with Crippen molar-refractivity contribution in [2.45, 2.75) is 53.4 Å². The smallest absolute Gasteiger partial charge is 0.000717 e. The summed E-state index contributed by atoms with van der Waals surface area (Å²) in [5, 5.41) is 32.3. The van der Waals surface area contributed by atoms with Crippen LogP contribution in [0.15, 0.2) is 218 Å². The molecular weight excluding hydrogens is 1010 g/mol. The minimum atomic E-state index is 1.01. The Kier molecular flexibility index (Phi) is 9.38. The highest BCUT2D eigenvalue weighted by molar-refractivity contribution is 6.51. The molecule has 18 aromatic carbocycles. The first-order valence-corrected chi connectivity index (χ1v) is 30.6. The summed E-state index contributed by atoms with van der Waals surface area (Å²) < 4.78 is 0. The molecule has 0 saturated carbocycles. The highest BCUT2D eigenvalue weighted by Gasteiger charge is 2.32. The van der Waals surface area contributed by atoms with Gasteiger partial charge in [-0.1, -0.05) is 246 Å². The van der Waals surface area contributed by atoms with Crippen molar-refractivity contribution in [3.63, 3.8) is 0 Å². The first kappa shape index (κ1) is 46.7. The normalized spacial score (nSPS) is 12.7. The highest BCUT2D eigenvalue weighted by Crippen LogP contribution is 2.60. The minimum Gasteiger partial charge on any atom is -0.0613 e. The van der Waals surface area contributed by atoms with E-state index in [9.17, 15) is 0 Å². The van der Waals surface area contributed by atoms with Gasteiger partial charge in [-0.05, 0) is 244 Å². The van der Waals surface area contributed by atoms with Crippen molar-refractivity contribution in [3.8, 4) is 66.8 Å². The van der Waals surface area contributed by atoms with E-state index in [1.54, 1.807) is 0 Å². The molecule has 84 heavy (non-hydrogen) atoms. The molecule has 0 nitrogen and oxygen atoms in total. The maximum atomic E-state index is 2.51. The van der Waals surface area contributed by atoms with E-state index in [4.69, 9.17) is 0 Å². The van der Waals surface area contributed by atoms with E-state index in [0.717, 1.165) is 25.7 Å². The van der Waals surface area contributed by atoms with Gasteiger partial charge in [-0.25, -0.2) is 0 Å². The van der Waals surface area contributed by atoms with Crippen LogP contribution in [0.2, 0.25) is 0 Å². The summed E-state index contributed by atoms with van der Waals surface area (Å²) in [6, 6.07) is 86.1. The van der Waals surface area contributed by atoms with Crippen molar-refractivity contribution in [2.24, 2.45) is 0 Å². The van der Waals surface area contributed by atoms with Crippen LogP contribution in [0.1, 0.15) is 49.9 Å². The molecule has 1 aliphatic carbocycles. The summed E-state index contributed by atoms with van der Waals surface area (Å²) in [5.74, 6) is 0. The quantitative estimate of drug-likeness (QED) is 0.105. The van der Waals surface area contributed by atoms with Crippen LogP contribution in [0.3, 0.4) is 0 Å². The zero-order valence-corrected chi connectivity index (χ0v) is 47.6. The third-order valence-electron chi connectivity index (χ3n) is 20.5. The molecule has 1 aliphatic rings. The fraction of sp³-hybridized carbons (Fsp3) is 0.0952. The van der Waals surface area contributed by atoms with Crippen LogP contribution in [0.4, 0.5) is 0 Å². The molecular formula is C84H56. The molecule has 0 fully saturated rings. The maximum Gasteiger partial charge on any atom is -0.000717 e. The monoisotopic (exact) mass is 1060 g/mol. The standard InChI is InChI=1S/C84H56/c1-5-45-15-23-49(24-16-45)54-31-32-55(50-25-17-46(6-2)18-26-50)74-67-42-38-61-57-34-36-59-63-40-44-69-80-68(43-39-62(78(63)80)58-35-33-56(75(57)76(58)59)60-37-41-66(73(54)74)79(67)77(60)61)83-71(52-27-19-47(7-3)20-28-52)81-64-13-9-11-51-12-10-14-65(70(51)64)82(81)72(84(69)83)53-29-21-48(8-4)22-30-53/h9-44H,5-8H2,1-4H3. The number of rotatable bonds is 8. The minimum absolute atomic E-state index is 1.01. The molecule has 392 valence electrons. The Labute approximate surface area is 487 Å². The highest BCUT2D eigenvalue weighted by atomic mass is 14.3. The van der Waals surface area contributed by atoms with Gasteiger partial charge in [0.1, 0.15) is 0 Å². The van der Waals surface area contributed by atoms with E-state index in [0.29, 0.717) is 0 Å². The van der Waals surface area contributed by atoms with Gasteiger partial charge in [-0.15, -0.1) is 0 Å². The van der Waals surface area contributed by atoms with Gasteiger partial charge in [0.15, 0.2) is 0 Å². The zero-order valence-electron chi connectivity index (χ0n) is 47.6. The summed E-state index contributed by atoms with van der Waals surface area (Å²) in [7, 11) is 0. The lowest BCUT2D eigenvalue weighted by atomic mass is 9.83. The van der Waals surface area contributed by atoms with Gasteiger partial charge >= 0.3 is 0 Å². The Morgan fingerprint density at radius 3 is 0.774 bits per heavy atom. The lowest BCUT2D eigenvalue weighted by molar-refractivity contribution is 1.14. The SMILES string of the molecule is CCc1ccc(-c2ccc(-c3ccc(CC)cc3)c3c2-c2ccc4c5ccc6c7ccc8c9c(-c%10ccc(CC)cc%10)c%10c%11cccc%12cccc(c%10c(-c%10ccc(CC)cc%10)c9c9ccc(c%10ccc(c%13ccc-3c2c4%13)c5c6%10)c7c89)c%12%11)cc1. The lowest BCUT2D eigenvalue weighted by Gasteiger charge is -2.20. The second kappa shape index (κ2) is 16.9. The molecule has 0 unspecified atom stereocenters. The predicted octanol–water partition coefficient (Wildman–Crippen LogP) is 23.8. The van der Waals surface area contributed by atoms with Crippen molar-refractivity contribution in [1.29, 1.82) is 0 Å². The van der Waals surface area contributed by atoms with Crippen LogP contribution in [0.25, 0.3) is 196 Å². The second-order valence-electron chi connectivity index (χ2n) is 24.3. The van der Waals surface area contributed by atoms with Gasteiger partial charge < -0.3 is 0 Å². The van der Waals surface area contributed by atoms with E-state index in [-0.39, 0.29) is 0 Å².